The average molecular weight is 252 g/mol. The van der Waals surface area contributed by atoms with E-state index in [1.807, 2.05) is 6.92 Å². The normalized spacial score (nSPS) is 18.1. The summed E-state index contributed by atoms with van der Waals surface area (Å²) in [7, 11) is 0. The highest BCUT2D eigenvalue weighted by molar-refractivity contribution is 7.11. The van der Waals surface area contributed by atoms with Gasteiger partial charge in [-0.3, -0.25) is 9.59 Å². The molecule has 1 aromatic rings. The molecule has 0 saturated carbocycles. The number of carbonyl (C=O) groups excluding carboxylic acids is 2. The molecular weight excluding hydrogens is 236 g/mol. The number of amides is 2. The van der Waals surface area contributed by atoms with Crippen molar-refractivity contribution >= 4 is 23.2 Å². The Morgan fingerprint density at radius 3 is 2.88 bits per heavy atom. The van der Waals surface area contributed by atoms with Gasteiger partial charge in [-0.2, -0.15) is 0 Å². The van der Waals surface area contributed by atoms with Crippen molar-refractivity contribution in [2.75, 3.05) is 13.1 Å². The van der Waals surface area contributed by atoms with Crippen LogP contribution >= 0.6 is 11.3 Å². The number of thiophene rings is 1. The van der Waals surface area contributed by atoms with Crippen molar-refractivity contribution in [2.24, 2.45) is 0 Å². The number of aryl methyl sites for hydroxylation is 1. The van der Waals surface area contributed by atoms with Gasteiger partial charge in [0.1, 0.15) is 0 Å². The van der Waals surface area contributed by atoms with E-state index in [4.69, 9.17) is 0 Å². The summed E-state index contributed by atoms with van der Waals surface area (Å²) < 4.78 is 0. The van der Waals surface area contributed by atoms with E-state index in [2.05, 4.69) is 24.4 Å². The first-order valence-electron chi connectivity index (χ1n) is 5.68. The maximum absolute atomic E-state index is 11.7. The van der Waals surface area contributed by atoms with Gasteiger partial charge in [-0.25, -0.2) is 0 Å². The van der Waals surface area contributed by atoms with E-state index in [9.17, 15) is 9.59 Å². The Kier molecular flexibility index (Phi) is 3.47. The second-order valence-corrected chi connectivity index (χ2v) is 5.74. The molecule has 1 unspecified atom stereocenters. The van der Waals surface area contributed by atoms with Crippen LogP contribution < -0.4 is 5.32 Å². The monoisotopic (exact) mass is 252 g/mol. The van der Waals surface area contributed by atoms with E-state index < -0.39 is 0 Å². The Balaban J connectivity index is 2.01. The van der Waals surface area contributed by atoms with Gasteiger partial charge < -0.3 is 10.2 Å². The second kappa shape index (κ2) is 4.87. The Bertz CT molecular complexity index is 441. The molecule has 2 rings (SSSR count). The highest BCUT2D eigenvalue weighted by Crippen LogP contribution is 2.19. The molecule has 4 nitrogen and oxygen atoms in total. The standard InChI is InChI=1S/C12H16N2O2S/c1-8(5-10-4-3-9(2)17-10)14-7-11(15)13-6-12(14)16/h3-4,8H,5-7H2,1-2H3,(H,13,15). The average Bonchev–Trinajstić information content (AvgIpc) is 2.67. The summed E-state index contributed by atoms with van der Waals surface area (Å²) in [6.07, 6.45) is 0.817. The summed E-state index contributed by atoms with van der Waals surface area (Å²) in [6.45, 7) is 4.38. The molecule has 17 heavy (non-hydrogen) atoms. The van der Waals surface area contributed by atoms with E-state index in [1.54, 1.807) is 16.2 Å². The first-order valence-corrected chi connectivity index (χ1v) is 6.49. The van der Waals surface area contributed by atoms with Gasteiger partial charge in [0, 0.05) is 22.2 Å². The van der Waals surface area contributed by atoms with Crippen LogP contribution in [0.3, 0.4) is 0 Å². The fraction of sp³-hybridized carbons (Fsp3) is 0.500. The predicted octanol–water partition coefficient (Wildman–Crippen LogP) is 0.946. The molecule has 1 aliphatic rings. The van der Waals surface area contributed by atoms with Crippen LogP contribution in [0, 0.1) is 6.92 Å². The van der Waals surface area contributed by atoms with Crippen LogP contribution in [0.5, 0.6) is 0 Å². The largest absolute Gasteiger partial charge is 0.345 e. The number of carbonyl (C=O) groups is 2. The molecule has 1 aliphatic heterocycles. The Morgan fingerprint density at radius 2 is 2.24 bits per heavy atom. The lowest BCUT2D eigenvalue weighted by Gasteiger charge is -2.31. The zero-order valence-corrected chi connectivity index (χ0v) is 10.8. The molecule has 0 radical (unpaired) electrons. The number of piperazine rings is 1. The lowest BCUT2D eigenvalue weighted by molar-refractivity contribution is -0.142. The molecule has 2 amide bonds. The van der Waals surface area contributed by atoms with Crippen LogP contribution in [0.4, 0.5) is 0 Å². The third-order valence-corrected chi connectivity index (χ3v) is 3.92. The molecule has 0 bridgehead atoms. The third kappa shape index (κ3) is 2.85. The van der Waals surface area contributed by atoms with Crippen LogP contribution in [0.2, 0.25) is 0 Å². The first-order chi connectivity index (χ1) is 8.06. The summed E-state index contributed by atoms with van der Waals surface area (Å²) >= 11 is 1.74. The molecule has 1 saturated heterocycles. The van der Waals surface area contributed by atoms with Crippen LogP contribution in [0.25, 0.3) is 0 Å². The number of rotatable bonds is 3. The first kappa shape index (κ1) is 12.1. The van der Waals surface area contributed by atoms with E-state index in [1.165, 1.54) is 9.75 Å². The van der Waals surface area contributed by atoms with Crippen molar-refractivity contribution < 1.29 is 9.59 Å². The van der Waals surface area contributed by atoms with Crippen LogP contribution in [-0.2, 0) is 16.0 Å². The van der Waals surface area contributed by atoms with Gasteiger partial charge in [-0.1, -0.05) is 0 Å². The minimum Gasteiger partial charge on any atom is -0.345 e. The lowest BCUT2D eigenvalue weighted by Crippen LogP contribution is -2.54. The number of hydrogen-bond donors (Lipinski definition) is 1. The summed E-state index contributed by atoms with van der Waals surface area (Å²) in [5, 5.41) is 2.56. The van der Waals surface area contributed by atoms with Gasteiger partial charge in [-0.15, -0.1) is 11.3 Å². The van der Waals surface area contributed by atoms with Crippen LogP contribution in [0.1, 0.15) is 16.7 Å². The number of nitrogens with zero attached hydrogens (tertiary/aromatic N) is 1. The van der Waals surface area contributed by atoms with Gasteiger partial charge in [0.25, 0.3) is 0 Å². The molecule has 0 spiro atoms. The third-order valence-electron chi connectivity index (χ3n) is 2.90. The second-order valence-electron chi connectivity index (χ2n) is 4.36. The zero-order chi connectivity index (χ0) is 12.4. The van der Waals surface area contributed by atoms with Crippen molar-refractivity contribution in [1.82, 2.24) is 10.2 Å². The summed E-state index contributed by atoms with van der Waals surface area (Å²) in [5.74, 6) is -0.0656. The molecule has 5 heteroatoms. The van der Waals surface area contributed by atoms with Crippen LogP contribution in [0.15, 0.2) is 12.1 Å². The van der Waals surface area contributed by atoms with Crippen molar-refractivity contribution in [3.8, 4) is 0 Å². The van der Waals surface area contributed by atoms with Gasteiger partial charge in [-0.05, 0) is 26.0 Å². The predicted molar refractivity (Wildman–Crippen MR) is 66.9 cm³/mol. The maximum Gasteiger partial charge on any atom is 0.242 e. The van der Waals surface area contributed by atoms with Crippen molar-refractivity contribution in [3.05, 3.63) is 21.9 Å². The molecule has 1 N–H and O–H groups in total. The lowest BCUT2D eigenvalue weighted by atomic mass is 10.1. The molecule has 92 valence electrons. The molecule has 1 aromatic heterocycles. The number of hydrogen-bond acceptors (Lipinski definition) is 3. The minimum atomic E-state index is -0.0705. The summed E-state index contributed by atoms with van der Waals surface area (Å²) in [4.78, 5) is 27.2. The smallest absolute Gasteiger partial charge is 0.242 e. The molecule has 0 aromatic carbocycles. The Hall–Kier alpha value is -1.36. The Labute approximate surface area is 105 Å². The van der Waals surface area contributed by atoms with Crippen LogP contribution in [-0.4, -0.2) is 35.8 Å². The molecule has 1 fully saturated rings. The SMILES string of the molecule is Cc1ccc(CC(C)N2CC(=O)NCC2=O)s1. The minimum absolute atomic E-state index is 0.00498. The molecule has 2 heterocycles. The highest BCUT2D eigenvalue weighted by Gasteiger charge is 2.27. The number of nitrogens with one attached hydrogen (secondary N) is 1. The van der Waals surface area contributed by atoms with E-state index in [-0.39, 0.29) is 30.9 Å². The van der Waals surface area contributed by atoms with Crippen molar-refractivity contribution in [3.63, 3.8) is 0 Å². The van der Waals surface area contributed by atoms with E-state index in [0.29, 0.717) is 0 Å². The van der Waals surface area contributed by atoms with Crippen molar-refractivity contribution in [1.29, 1.82) is 0 Å². The Morgan fingerprint density at radius 1 is 1.47 bits per heavy atom. The van der Waals surface area contributed by atoms with E-state index >= 15 is 0 Å². The van der Waals surface area contributed by atoms with Crippen molar-refractivity contribution in [2.45, 2.75) is 26.3 Å². The molecule has 1 atom stereocenters. The van der Waals surface area contributed by atoms with Gasteiger partial charge in [0.2, 0.25) is 11.8 Å². The molecular formula is C12H16N2O2S. The topological polar surface area (TPSA) is 49.4 Å². The summed E-state index contributed by atoms with van der Waals surface area (Å²) in [6, 6.07) is 4.24. The maximum atomic E-state index is 11.7. The summed E-state index contributed by atoms with van der Waals surface area (Å²) in [5.41, 5.74) is 0. The quantitative estimate of drug-likeness (QED) is 0.870. The molecule has 0 aliphatic carbocycles. The highest BCUT2D eigenvalue weighted by atomic mass is 32.1. The zero-order valence-electron chi connectivity index (χ0n) is 10.0. The van der Waals surface area contributed by atoms with E-state index in [0.717, 1.165) is 6.42 Å². The fourth-order valence-corrected chi connectivity index (χ4v) is 2.98. The van der Waals surface area contributed by atoms with Gasteiger partial charge in [0.05, 0.1) is 13.1 Å². The van der Waals surface area contributed by atoms with Gasteiger partial charge in [0.15, 0.2) is 0 Å². The fourth-order valence-electron chi connectivity index (χ4n) is 1.97. The van der Waals surface area contributed by atoms with Gasteiger partial charge >= 0.3 is 0 Å².